The van der Waals surface area contributed by atoms with E-state index in [2.05, 4.69) is 38.2 Å². The number of nitrogens with two attached hydrogens (primary N) is 1. The number of nitrogens with one attached hydrogen (secondary N) is 4. The number of carbonyl (C=O) groups excluding carboxylic acids is 1. The van der Waals surface area contributed by atoms with Crippen LogP contribution in [0, 0.1) is 5.92 Å². The van der Waals surface area contributed by atoms with Crippen molar-refractivity contribution in [3.63, 3.8) is 0 Å². The summed E-state index contributed by atoms with van der Waals surface area (Å²) in [6, 6.07) is -0.0114. The van der Waals surface area contributed by atoms with Crippen molar-refractivity contribution in [2.75, 3.05) is 59.4 Å². The molecule has 11 heteroatoms. The first-order valence-electron chi connectivity index (χ1n) is 10.2. The van der Waals surface area contributed by atoms with Gasteiger partial charge in [-0.1, -0.05) is 0 Å². The van der Waals surface area contributed by atoms with Crippen LogP contribution in [0.5, 0.6) is 0 Å². The van der Waals surface area contributed by atoms with E-state index in [-0.39, 0.29) is 42.6 Å². The molecule has 9 nitrogen and oxygen atoms in total. The van der Waals surface area contributed by atoms with Gasteiger partial charge in [-0.15, -0.1) is 11.6 Å². The Morgan fingerprint density at radius 3 is 2.71 bits per heavy atom. The van der Waals surface area contributed by atoms with E-state index in [9.17, 15) is 9.18 Å². The van der Waals surface area contributed by atoms with Crippen molar-refractivity contribution in [2.24, 2.45) is 11.7 Å². The summed E-state index contributed by atoms with van der Waals surface area (Å²) in [5, 5.41) is 11.3. The third-order valence-corrected chi connectivity index (χ3v) is 6.81. The van der Waals surface area contributed by atoms with Gasteiger partial charge in [-0.25, -0.2) is 14.8 Å². The van der Waals surface area contributed by atoms with Crippen molar-refractivity contribution in [2.45, 2.75) is 36.0 Å². The van der Waals surface area contributed by atoms with Gasteiger partial charge >= 0.3 is 0 Å². The van der Waals surface area contributed by atoms with E-state index >= 15 is 0 Å². The van der Waals surface area contributed by atoms with Crippen LogP contribution in [0.3, 0.4) is 0 Å². The Kier molecular flexibility index (Phi) is 6.38. The van der Waals surface area contributed by atoms with Crippen molar-refractivity contribution in [3.8, 4) is 0 Å². The molecule has 28 heavy (non-hydrogen) atoms. The van der Waals surface area contributed by atoms with Gasteiger partial charge in [0.25, 0.3) is 0 Å². The minimum absolute atomic E-state index is 0.0746. The number of nitrogens with zero attached hydrogens (tertiary/aromatic N) is 3. The summed E-state index contributed by atoms with van der Waals surface area (Å²) in [4.78, 5) is 17.9. The highest BCUT2D eigenvalue weighted by Crippen LogP contribution is 2.24. The van der Waals surface area contributed by atoms with E-state index in [4.69, 9.17) is 17.3 Å². The maximum Gasteiger partial charge on any atom is 0.229 e. The number of carbonyl (C=O) groups is 1. The quantitative estimate of drug-likeness (QED) is 0.315. The molecule has 4 saturated heterocycles. The number of hydrogen-bond donors (Lipinski definition) is 5. The van der Waals surface area contributed by atoms with Gasteiger partial charge in [0.05, 0.1) is 29.7 Å². The van der Waals surface area contributed by atoms with Crippen LogP contribution in [0.25, 0.3) is 0 Å². The second-order valence-corrected chi connectivity index (χ2v) is 8.96. The first-order valence-corrected chi connectivity index (χ1v) is 10.6. The second-order valence-electron chi connectivity index (χ2n) is 8.40. The van der Waals surface area contributed by atoms with E-state index in [1.807, 2.05) is 0 Å². The molecular formula is C17H32ClFN8O. The first-order chi connectivity index (χ1) is 13.4. The van der Waals surface area contributed by atoms with E-state index in [1.54, 1.807) is 5.01 Å². The van der Waals surface area contributed by atoms with Crippen LogP contribution in [0.2, 0.25) is 0 Å². The lowest BCUT2D eigenvalue weighted by molar-refractivity contribution is -0.128. The van der Waals surface area contributed by atoms with Crippen LogP contribution >= 0.6 is 11.6 Å². The van der Waals surface area contributed by atoms with Gasteiger partial charge in [-0.05, 0) is 7.05 Å². The molecule has 0 aromatic heterocycles. The number of piperidine rings is 1. The molecule has 1 amide bonds. The minimum atomic E-state index is -0.973. The van der Waals surface area contributed by atoms with Crippen LogP contribution in [0.15, 0.2) is 0 Å². The second kappa shape index (κ2) is 8.65. The monoisotopic (exact) mass is 418 g/mol. The van der Waals surface area contributed by atoms with Gasteiger partial charge in [0.1, 0.15) is 6.17 Å². The number of hydrazine groups is 1. The molecule has 4 fully saturated rings. The summed E-state index contributed by atoms with van der Waals surface area (Å²) in [5.74, 6) is -0.606. The van der Waals surface area contributed by atoms with Crippen molar-refractivity contribution in [1.82, 2.24) is 36.2 Å². The van der Waals surface area contributed by atoms with Crippen molar-refractivity contribution in [3.05, 3.63) is 0 Å². The molecule has 0 bridgehead atoms. The van der Waals surface area contributed by atoms with Gasteiger partial charge in [0, 0.05) is 58.4 Å². The molecule has 4 aliphatic rings. The first kappa shape index (κ1) is 20.7. The Bertz CT molecular complexity index is 565. The molecule has 160 valence electrons. The highest BCUT2D eigenvalue weighted by molar-refractivity contribution is 6.21. The van der Waals surface area contributed by atoms with E-state index in [0.717, 1.165) is 32.7 Å². The molecule has 0 aromatic carbocycles. The number of amides is 1. The lowest BCUT2D eigenvalue weighted by atomic mass is 9.95. The zero-order valence-electron chi connectivity index (χ0n) is 16.3. The molecule has 0 spiro atoms. The topological polar surface area (TPSA) is 101 Å². The Morgan fingerprint density at radius 2 is 1.96 bits per heavy atom. The van der Waals surface area contributed by atoms with Crippen LogP contribution in [0.4, 0.5) is 4.39 Å². The third kappa shape index (κ3) is 4.15. The standard InChI is InChI=1S/C17H32ClFN8O/c1-25-2-4-26(5-3-25)14-11(18)7-21-8-12(14)23-17(28)13-15(20)24-27-9-10(19)6-22-16(13)27/h10-16,21-22,24H,2-9,20H2,1H3,(H,23,28). The van der Waals surface area contributed by atoms with Crippen molar-refractivity contribution in [1.29, 1.82) is 0 Å². The van der Waals surface area contributed by atoms with Crippen molar-refractivity contribution >= 4 is 17.5 Å². The SMILES string of the molecule is CN1CCN(C2C(Cl)CNCC2NC(=O)C2C(N)NN3CC(F)CNC23)CC1. The number of alkyl halides is 2. The third-order valence-electron chi connectivity index (χ3n) is 6.40. The summed E-state index contributed by atoms with van der Waals surface area (Å²) in [6.07, 6.45) is -1.82. The molecule has 0 aliphatic carbocycles. The maximum absolute atomic E-state index is 13.7. The predicted octanol–water partition coefficient (Wildman–Crippen LogP) is -2.71. The van der Waals surface area contributed by atoms with Crippen LogP contribution in [-0.2, 0) is 4.79 Å². The molecule has 0 radical (unpaired) electrons. The number of hydrogen-bond acceptors (Lipinski definition) is 8. The summed E-state index contributed by atoms with van der Waals surface area (Å²) >= 11 is 6.68. The summed E-state index contributed by atoms with van der Waals surface area (Å²) in [7, 11) is 2.12. The number of piperazine rings is 1. The highest BCUT2D eigenvalue weighted by atomic mass is 35.5. The average Bonchev–Trinajstić information content (AvgIpc) is 2.98. The minimum Gasteiger partial charge on any atom is -0.350 e. The molecule has 4 rings (SSSR count). The van der Waals surface area contributed by atoms with Crippen molar-refractivity contribution < 1.29 is 9.18 Å². The van der Waals surface area contributed by atoms with Gasteiger partial charge in [0.2, 0.25) is 5.91 Å². The largest absolute Gasteiger partial charge is 0.350 e. The molecule has 4 heterocycles. The number of rotatable bonds is 3. The molecule has 4 aliphatic heterocycles. The molecular weight excluding hydrogens is 387 g/mol. The summed E-state index contributed by atoms with van der Waals surface area (Å²) < 4.78 is 13.7. The normalized spacial score (nSPS) is 43.6. The van der Waals surface area contributed by atoms with Gasteiger partial charge < -0.3 is 21.3 Å². The lowest BCUT2D eigenvalue weighted by Crippen LogP contribution is -2.68. The Balaban J connectivity index is 1.43. The number of halogens is 2. The maximum atomic E-state index is 13.7. The Hall–Kier alpha value is -0.590. The van der Waals surface area contributed by atoms with Gasteiger partial charge in [-0.2, -0.15) is 0 Å². The van der Waals surface area contributed by atoms with E-state index in [0.29, 0.717) is 6.54 Å². The number of fused-ring (bicyclic) bond motifs is 1. The Labute approximate surface area is 170 Å². The number of likely N-dealkylation sites (N-methyl/N-ethyl adjacent to an activating group) is 1. The van der Waals surface area contributed by atoms with E-state index in [1.165, 1.54) is 0 Å². The Morgan fingerprint density at radius 1 is 1.21 bits per heavy atom. The van der Waals surface area contributed by atoms with E-state index < -0.39 is 18.3 Å². The lowest BCUT2D eigenvalue weighted by Gasteiger charge is -2.46. The fourth-order valence-corrected chi connectivity index (χ4v) is 5.31. The van der Waals surface area contributed by atoms with Crippen LogP contribution in [-0.4, -0.2) is 116 Å². The average molecular weight is 419 g/mol. The van der Waals surface area contributed by atoms with Crippen LogP contribution in [0.1, 0.15) is 0 Å². The fraction of sp³-hybridized carbons (Fsp3) is 0.941. The summed E-state index contributed by atoms with van der Waals surface area (Å²) in [5.41, 5.74) is 9.21. The molecule has 7 unspecified atom stereocenters. The molecule has 7 atom stereocenters. The van der Waals surface area contributed by atoms with Gasteiger partial charge in [0.15, 0.2) is 0 Å². The highest BCUT2D eigenvalue weighted by Gasteiger charge is 2.48. The summed E-state index contributed by atoms with van der Waals surface area (Å²) in [6.45, 7) is 5.74. The smallest absolute Gasteiger partial charge is 0.229 e. The van der Waals surface area contributed by atoms with Crippen LogP contribution < -0.4 is 27.1 Å². The fourth-order valence-electron chi connectivity index (χ4n) is 4.87. The molecule has 6 N–H and O–H groups in total. The zero-order valence-corrected chi connectivity index (χ0v) is 17.0. The zero-order chi connectivity index (χ0) is 19.8. The molecule has 0 saturated carbocycles. The predicted molar refractivity (Wildman–Crippen MR) is 105 cm³/mol. The van der Waals surface area contributed by atoms with Gasteiger partial charge in [-0.3, -0.25) is 15.0 Å². The molecule has 0 aromatic rings.